The maximum atomic E-state index is 13.2. The summed E-state index contributed by atoms with van der Waals surface area (Å²) in [6, 6.07) is 18.5. The van der Waals surface area contributed by atoms with Crippen molar-refractivity contribution in [2.75, 3.05) is 17.2 Å². The van der Waals surface area contributed by atoms with Gasteiger partial charge in [0.05, 0.1) is 22.5 Å². The third-order valence-corrected chi connectivity index (χ3v) is 7.13. The minimum Gasteiger partial charge on any atom is -0.286 e. The van der Waals surface area contributed by atoms with Crippen molar-refractivity contribution in [3.05, 3.63) is 71.5 Å². The van der Waals surface area contributed by atoms with Crippen molar-refractivity contribution >= 4 is 44.4 Å². The Balaban J connectivity index is 1.48. The lowest BCUT2D eigenvalue weighted by Crippen LogP contribution is -2.34. The fraction of sp³-hybridized carbons (Fsp3) is 0.292. The van der Waals surface area contributed by atoms with E-state index >= 15 is 0 Å². The number of anilines is 1. The first-order valence-electron chi connectivity index (χ1n) is 10.4. The van der Waals surface area contributed by atoms with Gasteiger partial charge in [-0.2, -0.15) is 5.10 Å². The van der Waals surface area contributed by atoms with E-state index in [9.17, 15) is 4.79 Å². The lowest BCUT2D eigenvalue weighted by molar-refractivity contribution is -0.118. The normalized spacial score (nSPS) is 11.2. The van der Waals surface area contributed by atoms with Crippen LogP contribution >= 0.6 is 23.1 Å². The largest absolute Gasteiger partial charge is 0.286 e. The number of benzene rings is 2. The molecule has 0 radical (unpaired) electrons. The second kappa shape index (κ2) is 9.66. The number of carbonyl (C=O) groups excluding carboxylic acids is 1. The average Bonchev–Trinajstić information content (AvgIpc) is 3.32. The van der Waals surface area contributed by atoms with Crippen molar-refractivity contribution in [3.8, 4) is 0 Å². The van der Waals surface area contributed by atoms with E-state index in [1.54, 1.807) is 23.1 Å². The number of fused-ring (bicyclic) bond motifs is 1. The van der Waals surface area contributed by atoms with Gasteiger partial charge in [0, 0.05) is 29.3 Å². The smallest absolute Gasteiger partial charge is 0.229 e. The Bertz CT molecular complexity index is 1150. The van der Waals surface area contributed by atoms with Crippen LogP contribution in [0.1, 0.15) is 23.4 Å². The highest BCUT2D eigenvalue weighted by Gasteiger charge is 2.20. The summed E-state index contributed by atoms with van der Waals surface area (Å²) < 4.78 is 3.06. The van der Waals surface area contributed by atoms with Gasteiger partial charge in [0.1, 0.15) is 0 Å². The molecule has 0 aliphatic heterocycles. The van der Waals surface area contributed by atoms with Crippen LogP contribution in [0, 0.1) is 20.8 Å². The van der Waals surface area contributed by atoms with Crippen molar-refractivity contribution in [2.45, 2.75) is 38.6 Å². The summed E-state index contributed by atoms with van der Waals surface area (Å²) in [4.78, 5) is 21.0. The fourth-order valence-corrected chi connectivity index (χ4v) is 5.27. The topological polar surface area (TPSA) is 51.0 Å². The van der Waals surface area contributed by atoms with Crippen molar-refractivity contribution < 1.29 is 4.79 Å². The molecule has 31 heavy (non-hydrogen) atoms. The van der Waals surface area contributed by atoms with E-state index in [1.807, 2.05) is 47.7 Å². The summed E-state index contributed by atoms with van der Waals surface area (Å²) in [6.45, 7) is 7.31. The Morgan fingerprint density at radius 1 is 1.10 bits per heavy atom. The van der Waals surface area contributed by atoms with Gasteiger partial charge in [0.25, 0.3) is 0 Å². The maximum Gasteiger partial charge on any atom is 0.229 e. The lowest BCUT2D eigenvalue weighted by atomic mass is 10.2. The molecule has 0 fully saturated rings. The fourth-order valence-electron chi connectivity index (χ4n) is 3.42. The molecule has 160 valence electrons. The minimum absolute atomic E-state index is 0.0974. The molecule has 7 heteroatoms. The zero-order valence-corrected chi connectivity index (χ0v) is 19.7. The molecule has 0 unspecified atom stereocenters. The Kier molecular flexibility index (Phi) is 6.73. The highest BCUT2D eigenvalue weighted by molar-refractivity contribution is 7.99. The van der Waals surface area contributed by atoms with E-state index in [0.29, 0.717) is 19.5 Å². The van der Waals surface area contributed by atoms with Gasteiger partial charge < -0.3 is 0 Å². The number of amides is 1. The van der Waals surface area contributed by atoms with Crippen LogP contribution < -0.4 is 4.90 Å². The van der Waals surface area contributed by atoms with Crippen LogP contribution in [0.5, 0.6) is 0 Å². The van der Waals surface area contributed by atoms with Gasteiger partial charge in [-0.05, 0) is 51.1 Å². The highest BCUT2D eigenvalue weighted by atomic mass is 32.2. The number of hydrogen-bond donors (Lipinski definition) is 0. The molecule has 0 bridgehead atoms. The van der Waals surface area contributed by atoms with Gasteiger partial charge in [-0.15, -0.1) is 11.8 Å². The zero-order valence-electron chi connectivity index (χ0n) is 18.0. The number of carbonyl (C=O) groups is 1. The molecule has 2 aromatic carbocycles. The van der Waals surface area contributed by atoms with E-state index in [4.69, 9.17) is 4.98 Å². The molecule has 0 spiro atoms. The molecule has 0 N–H and O–H groups in total. The first-order chi connectivity index (χ1) is 15.0. The van der Waals surface area contributed by atoms with Crippen molar-refractivity contribution in [1.82, 2.24) is 14.8 Å². The number of rotatable bonds is 8. The summed E-state index contributed by atoms with van der Waals surface area (Å²) in [5.41, 5.74) is 4.26. The zero-order chi connectivity index (χ0) is 21.8. The Morgan fingerprint density at radius 3 is 2.58 bits per heavy atom. The first-order valence-corrected chi connectivity index (χ1v) is 12.2. The standard InChI is InChI=1S/C24H26N4OS2/c1-17-8-10-20(11-9-17)30-15-12-23(29)27(13-14-28-19(3)16-18(2)26-28)24-25-21-6-4-5-7-22(21)31-24/h4-11,16H,12-15H2,1-3H3. The average molecular weight is 451 g/mol. The van der Waals surface area contributed by atoms with Crippen LogP contribution in [0.15, 0.2) is 59.5 Å². The summed E-state index contributed by atoms with van der Waals surface area (Å²) in [5.74, 6) is 0.837. The van der Waals surface area contributed by atoms with E-state index < -0.39 is 0 Å². The molecule has 0 saturated heterocycles. The number of thiazole rings is 1. The van der Waals surface area contributed by atoms with Crippen LogP contribution in [0.3, 0.4) is 0 Å². The molecular formula is C24H26N4OS2. The van der Waals surface area contributed by atoms with E-state index in [1.165, 1.54) is 10.5 Å². The summed E-state index contributed by atoms with van der Waals surface area (Å²) >= 11 is 3.28. The third-order valence-electron chi connectivity index (χ3n) is 5.06. The van der Waals surface area contributed by atoms with Crippen molar-refractivity contribution in [1.29, 1.82) is 0 Å². The molecule has 0 aliphatic carbocycles. The number of para-hydroxylation sites is 1. The molecule has 2 aromatic heterocycles. The molecule has 0 saturated carbocycles. The maximum absolute atomic E-state index is 13.2. The quantitative estimate of drug-likeness (QED) is 0.326. The molecular weight excluding hydrogens is 424 g/mol. The van der Waals surface area contributed by atoms with Crippen LogP contribution in [0.2, 0.25) is 0 Å². The Morgan fingerprint density at radius 2 is 1.87 bits per heavy atom. The second-order valence-corrected chi connectivity index (χ2v) is 9.75. The number of hydrogen-bond acceptors (Lipinski definition) is 5. The predicted molar refractivity (Wildman–Crippen MR) is 130 cm³/mol. The molecule has 5 nitrogen and oxygen atoms in total. The third kappa shape index (κ3) is 5.35. The molecule has 1 amide bonds. The SMILES string of the molecule is Cc1ccc(SCCC(=O)N(CCn2nc(C)cc2C)c2nc3ccccc3s2)cc1. The summed E-state index contributed by atoms with van der Waals surface area (Å²) in [7, 11) is 0. The van der Waals surface area contributed by atoms with E-state index in [2.05, 4.69) is 42.4 Å². The van der Waals surface area contributed by atoms with Crippen molar-refractivity contribution in [3.63, 3.8) is 0 Å². The molecule has 2 heterocycles. The highest BCUT2D eigenvalue weighted by Crippen LogP contribution is 2.29. The van der Waals surface area contributed by atoms with E-state index in [0.717, 1.165) is 32.5 Å². The van der Waals surface area contributed by atoms with E-state index in [-0.39, 0.29) is 5.91 Å². The summed E-state index contributed by atoms with van der Waals surface area (Å²) in [6.07, 6.45) is 0.464. The number of aromatic nitrogens is 3. The Hall–Kier alpha value is -2.64. The monoisotopic (exact) mass is 450 g/mol. The number of thioether (sulfide) groups is 1. The van der Waals surface area contributed by atoms with Crippen LogP contribution in [-0.4, -0.2) is 33.0 Å². The van der Waals surface area contributed by atoms with Gasteiger partial charge in [-0.1, -0.05) is 41.2 Å². The van der Waals surface area contributed by atoms with Crippen LogP contribution in [0.25, 0.3) is 10.2 Å². The second-order valence-electron chi connectivity index (χ2n) is 7.57. The lowest BCUT2D eigenvalue weighted by Gasteiger charge is -2.20. The van der Waals surface area contributed by atoms with Gasteiger partial charge in [0.2, 0.25) is 5.91 Å². The number of aryl methyl sites for hydroxylation is 3. The van der Waals surface area contributed by atoms with Gasteiger partial charge in [-0.3, -0.25) is 14.4 Å². The summed E-state index contributed by atoms with van der Waals surface area (Å²) in [5, 5.41) is 5.30. The van der Waals surface area contributed by atoms with Gasteiger partial charge in [0.15, 0.2) is 5.13 Å². The Labute approximate surface area is 191 Å². The van der Waals surface area contributed by atoms with Gasteiger partial charge >= 0.3 is 0 Å². The van der Waals surface area contributed by atoms with Crippen molar-refractivity contribution in [2.24, 2.45) is 0 Å². The predicted octanol–water partition coefficient (Wildman–Crippen LogP) is 5.63. The number of nitrogens with zero attached hydrogens (tertiary/aromatic N) is 4. The van der Waals surface area contributed by atoms with Crippen LogP contribution in [0.4, 0.5) is 5.13 Å². The molecule has 4 aromatic rings. The van der Waals surface area contributed by atoms with Gasteiger partial charge in [-0.25, -0.2) is 4.98 Å². The molecule has 0 aliphatic rings. The molecule has 4 rings (SSSR count). The minimum atomic E-state index is 0.0974. The first kappa shape index (κ1) is 21.6. The van der Waals surface area contributed by atoms with Crippen LogP contribution in [-0.2, 0) is 11.3 Å². The molecule has 0 atom stereocenters.